The molecule has 2 nitrogen and oxygen atoms in total. The summed E-state index contributed by atoms with van der Waals surface area (Å²) in [5.41, 5.74) is 17.9. The zero-order valence-corrected chi connectivity index (χ0v) is 29.1. The number of ether oxygens (including phenoxy) is 1. The summed E-state index contributed by atoms with van der Waals surface area (Å²) in [5, 5.41) is 0. The molecule has 0 spiro atoms. The Morgan fingerprint density at radius 2 is 0.698 bits per heavy atom. The highest BCUT2D eigenvalue weighted by Gasteiger charge is 2.43. The fraction of sp³-hybridized carbons (Fsp3) is 0. The summed E-state index contributed by atoms with van der Waals surface area (Å²) in [7, 11) is 0. The summed E-state index contributed by atoms with van der Waals surface area (Å²) in [6.45, 7) is 0.189. The normalized spacial score (nSPS) is 13.3. The van der Waals surface area contributed by atoms with Crippen molar-refractivity contribution in [2.24, 2.45) is 0 Å². The molecule has 244 valence electrons. The van der Waals surface area contributed by atoms with Crippen molar-refractivity contribution in [3.63, 3.8) is 0 Å². The second-order valence-electron chi connectivity index (χ2n) is 14.3. The molecule has 3 heterocycles. The van der Waals surface area contributed by atoms with Gasteiger partial charge in [0.05, 0.1) is 0 Å². The van der Waals surface area contributed by atoms with Gasteiger partial charge >= 0.3 is 0 Å². The van der Waals surface area contributed by atoms with E-state index in [0.717, 1.165) is 11.5 Å². The third-order valence-electron chi connectivity index (χ3n) is 11.6. The number of anilines is 3. The highest BCUT2D eigenvalue weighted by Crippen LogP contribution is 2.37. The molecule has 0 aromatic heterocycles. The maximum absolute atomic E-state index is 6.47. The van der Waals surface area contributed by atoms with Crippen LogP contribution in [0.25, 0.3) is 11.1 Å². The minimum absolute atomic E-state index is 0.0256. The lowest BCUT2D eigenvalue weighted by Crippen LogP contribution is -2.65. The van der Waals surface area contributed by atoms with Crippen molar-refractivity contribution < 1.29 is 4.74 Å². The average molecular weight is 671 g/mol. The third-order valence-corrected chi connectivity index (χ3v) is 11.6. The van der Waals surface area contributed by atoms with Crippen molar-refractivity contribution in [2.45, 2.75) is 0 Å². The zero-order chi connectivity index (χ0) is 34.9. The number of hydrogen-bond acceptors (Lipinski definition) is 2. The fourth-order valence-corrected chi connectivity index (χ4v) is 9.45. The van der Waals surface area contributed by atoms with Crippen molar-refractivity contribution >= 4 is 86.4 Å². The highest BCUT2D eigenvalue weighted by molar-refractivity contribution is 7.03. The Hall–Kier alpha value is -6.45. The first-order valence-corrected chi connectivity index (χ1v) is 18.5. The number of rotatable bonds is 4. The molecule has 11 rings (SSSR count). The number of fused-ring (bicyclic) bond motifs is 6. The van der Waals surface area contributed by atoms with Crippen LogP contribution in [0.4, 0.5) is 17.1 Å². The predicted octanol–water partition coefficient (Wildman–Crippen LogP) is 5.10. The molecule has 8 aromatic carbocycles. The van der Waals surface area contributed by atoms with E-state index in [2.05, 4.69) is 199 Å². The van der Waals surface area contributed by atoms with Gasteiger partial charge in [-0.1, -0.05) is 186 Å². The summed E-state index contributed by atoms with van der Waals surface area (Å²) in [6, 6.07) is 71.2. The van der Waals surface area contributed by atoms with Gasteiger partial charge in [0, 0.05) is 17.1 Å². The Morgan fingerprint density at radius 3 is 1.28 bits per heavy atom. The Kier molecular flexibility index (Phi) is 6.88. The van der Waals surface area contributed by atoms with Crippen LogP contribution in [0.2, 0.25) is 0 Å². The van der Waals surface area contributed by atoms with Gasteiger partial charge in [-0.05, 0) is 68.2 Å². The van der Waals surface area contributed by atoms with E-state index < -0.39 is 0 Å². The number of nitrogens with zero attached hydrogens (tertiary/aromatic N) is 1. The summed E-state index contributed by atoms with van der Waals surface area (Å²) < 4.78 is 6.47. The fourth-order valence-electron chi connectivity index (χ4n) is 9.45. The molecular weight excluding hydrogens is 639 g/mol. The Balaban J connectivity index is 1.15. The summed E-state index contributed by atoms with van der Waals surface area (Å²) in [4.78, 5) is 2.54. The van der Waals surface area contributed by atoms with E-state index in [9.17, 15) is 0 Å². The first-order valence-electron chi connectivity index (χ1n) is 18.5. The molecule has 53 heavy (non-hydrogen) atoms. The lowest BCUT2D eigenvalue weighted by Gasteiger charge is -2.44. The van der Waals surface area contributed by atoms with Gasteiger partial charge in [-0.3, -0.25) is 0 Å². The number of benzene rings is 8. The smallest absolute Gasteiger partial charge is 0.251 e. The second kappa shape index (κ2) is 12.1. The van der Waals surface area contributed by atoms with Crippen molar-refractivity contribution in [1.82, 2.24) is 0 Å². The van der Waals surface area contributed by atoms with Crippen molar-refractivity contribution in [3.05, 3.63) is 194 Å². The first kappa shape index (κ1) is 30.2. The van der Waals surface area contributed by atoms with E-state index >= 15 is 0 Å². The van der Waals surface area contributed by atoms with Crippen LogP contribution in [0.5, 0.6) is 11.5 Å². The van der Waals surface area contributed by atoms with Gasteiger partial charge < -0.3 is 9.64 Å². The predicted molar refractivity (Wildman–Crippen MR) is 226 cm³/mol. The molecule has 0 amide bonds. The molecule has 0 aliphatic carbocycles. The third kappa shape index (κ3) is 4.57. The number of hydrogen-bond donors (Lipinski definition) is 0. The van der Waals surface area contributed by atoms with E-state index in [1.54, 1.807) is 0 Å². The Bertz CT molecular complexity index is 2660. The minimum atomic E-state index is 0.0256. The molecule has 0 unspecified atom stereocenters. The lowest BCUT2D eigenvalue weighted by molar-refractivity contribution is 0.487. The topological polar surface area (TPSA) is 12.5 Å². The molecule has 0 bridgehead atoms. The Labute approximate surface area is 311 Å². The SMILES string of the molecule is c1ccc(B2c3ccccc3N3c4ccccc4B(c4ccccc4-c4ccccc4B4c5ccccc5Oc5ccccc54)c4cccc2c43)cc1. The summed E-state index contributed by atoms with van der Waals surface area (Å²) in [6.07, 6.45) is 0. The van der Waals surface area contributed by atoms with Crippen LogP contribution in [0.15, 0.2) is 194 Å². The molecule has 0 N–H and O–H groups in total. The van der Waals surface area contributed by atoms with Gasteiger partial charge in [0.25, 0.3) is 6.71 Å². The molecule has 0 saturated carbocycles. The van der Waals surface area contributed by atoms with Crippen LogP contribution in [-0.4, -0.2) is 20.1 Å². The molecule has 0 radical (unpaired) electrons. The maximum atomic E-state index is 6.47. The van der Waals surface area contributed by atoms with Crippen molar-refractivity contribution in [2.75, 3.05) is 4.90 Å². The largest absolute Gasteiger partial charge is 0.458 e. The van der Waals surface area contributed by atoms with E-state index in [4.69, 9.17) is 4.74 Å². The molecule has 3 aliphatic heterocycles. The van der Waals surface area contributed by atoms with E-state index in [0.29, 0.717) is 0 Å². The van der Waals surface area contributed by atoms with Crippen LogP contribution in [0.1, 0.15) is 0 Å². The van der Waals surface area contributed by atoms with Crippen molar-refractivity contribution in [3.8, 4) is 22.6 Å². The van der Waals surface area contributed by atoms with E-state index in [-0.39, 0.29) is 20.1 Å². The molecule has 0 saturated heterocycles. The van der Waals surface area contributed by atoms with Gasteiger partial charge in [0.1, 0.15) is 11.5 Å². The maximum Gasteiger partial charge on any atom is 0.251 e. The quantitative estimate of drug-likeness (QED) is 0.242. The summed E-state index contributed by atoms with van der Waals surface area (Å²) >= 11 is 0. The van der Waals surface area contributed by atoms with Crippen LogP contribution >= 0.6 is 0 Å². The standard InChI is InChI=1S/C48H32B3NO/c1-2-17-33(18-3-1)49-38-23-8-12-29-44(38)52-45-30-13-9-24-39(45)50(43-28-16-27-42(49)48(43)52)36-21-6-4-19-34(36)35-20-5-7-22-37(35)51-40-25-10-14-31-46(40)53-47-32-15-11-26-41(47)51/h1-32H. The highest BCUT2D eigenvalue weighted by atomic mass is 16.5. The first-order chi connectivity index (χ1) is 26.3. The molecule has 5 heteroatoms. The second-order valence-corrected chi connectivity index (χ2v) is 14.3. The van der Waals surface area contributed by atoms with Gasteiger partial charge in [-0.25, -0.2) is 0 Å². The molecule has 8 aromatic rings. The van der Waals surface area contributed by atoms with Gasteiger partial charge in [0.2, 0.25) is 13.4 Å². The van der Waals surface area contributed by atoms with E-state index in [1.807, 2.05) is 0 Å². The number of para-hydroxylation sites is 5. The molecule has 0 atom stereocenters. The minimum Gasteiger partial charge on any atom is -0.458 e. The summed E-state index contributed by atoms with van der Waals surface area (Å²) in [5.74, 6) is 1.84. The molecule has 3 aliphatic rings. The molecule has 0 fully saturated rings. The van der Waals surface area contributed by atoms with Gasteiger partial charge in [-0.15, -0.1) is 0 Å². The van der Waals surface area contributed by atoms with Crippen molar-refractivity contribution in [1.29, 1.82) is 0 Å². The lowest BCUT2D eigenvalue weighted by atomic mass is 9.30. The Morgan fingerprint density at radius 1 is 0.302 bits per heavy atom. The zero-order valence-electron chi connectivity index (χ0n) is 29.1. The van der Waals surface area contributed by atoms with Crippen LogP contribution in [0.3, 0.4) is 0 Å². The monoisotopic (exact) mass is 671 g/mol. The van der Waals surface area contributed by atoms with Gasteiger partial charge in [-0.2, -0.15) is 0 Å². The van der Waals surface area contributed by atoms with Crippen LogP contribution in [0, 0.1) is 0 Å². The molecular formula is C48H32B3NO. The van der Waals surface area contributed by atoms with E-state index in [1.165, 1.54) is 77.4 Å². The van der Waals surface area contributed by atoms with Crippen LogP contribution < -0.4 is 58.8 Å². The van der Waals surface area contributed by atoms with Crippen LogP contribution in [-0.2, 0) is 0 Å². The van der Waals surface area contributed by atoms with Gasteiger partial charge in [0.15, 0.2) is 0 Å². The average Bonchev–Trinajstić information content (AvgIpc) is 3.23.